The van der Waals surface area contributed by atoms with Gasteiger partial charge >= 0.3 is 6.36 Å². The van der Waals surface area contributed by atoms with Crippen LogP contribution in [-0.4, -0.2) is 48.9 Å². The summed E-state index contributed by atoms with van der Waals surface area (Å²) in [6, 6.07) is 8.28. The number of carbonyl (C=O) groups excluding carboxylic acids is 2. The number of carbonyl (C=O) groups is 2. The number of benzene rings is 2. The number of amides is 2. The van der Waals surface area contributed by atoms with Crippen LogP contribution in [0.4, 0.5) is 23.2 Å². The molecule has 0 radical (unpaired) electrons. The van der Waals surface area contributed by atoms with E-state index < -0.39 is 35.8 Å². The minimum absolute atomic E-state index is 0.0335. The number of alkyl halides is 3. The molecular formula is C25H26F4N4O3. The van der Waals surface area contributed by atoms with Gasteiger partial charge in [-0.1, -0.05) is 32.0 Å². The van der Waals surface area contributed by atoms with Gasteiger partial charge in [-0.05, 0) is 29.7 Å². The van der Waals surface area contributed by atoms with Crippen molar-refractivity contribution in [3.05, 3.63) is 71.2 Å². The molecular weight excluding hydrogens is 480 g/mol. The van der Waals surface area contributed by atoms with E-state index in [1.54, 1.807) is 31.3 Å². The van der Waals surface area contributed by atoms with E-state index in [9.17, 15) is 27.2 Å². The Morgan fingerprint density at radius 3 is 2.53 bits per heavy atom. The molecule has 1 aliphatic heterocycles. The summed E-state index contributed by atoms with van der Waals surface area (Å²) in [6.07, 6.45) is -2.56. The normalized spacial score (nSPS) is 18.1. The van der Waals surface area contributed by atoms with E-state index >= 15 is 0 Å². The van der Waals surface area contributed by atoms with Crippen molar-refractivity contribution in [3.63, 3.8) is 0 Å². The van der Waals surface area contributed by atoms with Crippen LogP contribution in [0.3, 0.4) is 0 Å². The van der Waals surface area contributed by atoms with Gasteiger partial charge < -0.3 is 25.7 Å². The first-order valence-electron chi connectivity index (χ1n) is 11.1. The Hall–Kier alpha value is -3.89. The zero-order chi connectivity index (χ0) is 26.6. The minimum atomic E-state index is -5.12. The molecule has 0 aromatic heterocycles. The van der Waals surface area contributed by atoms with Crippen LogP contribution in [0.2, 0.25) is 0 Å². The van der Waals surface area contributed by atoms with Crippen LogP contribution in [-0.2, 0) is 4.79 Å². The molecule has 0 fully saturated rings. The number of nitrogens with zero attached hydrogens (tertiary/aromatic N) is 1. The van der Waals surface area contributed by atoms with Crippen molar-refractivity contribution in [3.8, 4) is 5.75 Å². The van der Waals surface area contributed by atoms with Gasteiger partial charge in [-0.3, -0.25) is 9.59 Å². The first-order chi connectivity index (χ1) is 17.0. The SMILES string of the molecule is CN/C=C(\C=N)[C@H]1[C@H](C(=O)Nc2ccc(F)c(OC(F)(F)F)c2)c2ccccc2C(=O)N1CC(C)C. The van der Waals surface area contributed by atoms with Crippen LogP contribution in [0.5, 0.6) is 5.75 Å². The second-order valence-corrected chi connectivity index (χ2v) is 8.62. The molecule has 3 rings (SSSR count). The topological polar surface area (TPSA) is 94.5 Å². The third-order valence-corrected chi connectivity index (χ3v) is 5.53. The summed E-state index contributed by atoms with van der Waals surface area (Å²) >= 11 is 0. The molecule has 0 bridgehead atoms. The van der Waals surface area contributed by atoms with Gasteiger partial charge in [0.15, 0.2) is 11.6 Å². The van der Waals surface area contributed by atoms with Crippen molar-refractivity contribution < 1.29 is 31.9 Å². The second kappa shape index (κ2) is 10.8. The quantitative estimate of drug-likeness (QED) is 0.358. The number of ether oxygens (including phenoxy) is 1. The molecule has 7 nitrogen and oxygen atoms in total. The maximum atomic E-state index is 13.9. The van der Waals surface area contributed by atoms with Crippen LogP contribution in [0.15, 0.2) is 54.2 Å². The van der Waals surface area contributed by atoms with Crippen LogP contribution in [0, 0.1) is 17.1 Å². The molecule has 2 atom stereocenters. The zero-order valence-corrected chi connectivity index (χ0v) is 19.8. The Morgan fingerprint density at radius 2 is 1.92 bits per heavy atom. The van der Waals surface area contributed by atoms with Gasteiger partial charge in [0.2, 0.25) is 5.91 Å². The van der Waals surface area contributed by atoms with Gasteiger partial charge in [0, 0.05) is 48.9 Å². The molecule has 0 aliphatic carbocycles. The summed E-state index contributed by atoms with van der Waals surface area (Å²) in [5.41, 5.74) is 0.936. The van der Waals surface area contributed by atoms with Crippen molar-refractivity contribution in [1.29, 1.82) is 5.41 Å². The molecule has 1 heterocycles. The molecule has 192 valence electrons. The molecule has 3 N–H and O–H groups in total. The predicted molar refractivity (Wildman–Crippen MR) is 126 cm³/mol. The van der Waals surface area contributed by atoms with Gasteiger partial charge in [-0.2, -0.15) is 0 Å². The molecule has 0 saturated heterocycles. The summed E-state index contributed by atoms with van der Waals surface area (Å²) in [4.78, 5) is 28.6. The van der Waals surface area contributed by atoms with Crippen LogP contribution < -0.4 is 15.4 Å². The summed E-state index contributed by atoms with van der Waals surface area (Å²) in [5.74, 6) is -4.28. The van der Waals surface area contributed by atoms with Gasteiger partial charge in [0.1, 0.15) is 0 Å². The van der Waals surface area contributed by atoms with Gasteiger partial charge in [0.05, 0.1) is 12.0 Å². The lowest BCUT2D eigenvalue weighted by Gasteiger charge is -2.42. The predicted octanol–water partition coefficient (Wildman–Crippen LogP) is 4.68. The van der Waals surface area contributed by atoms with E-state index in [0.29, 0.717) is 16.7 Å². The van der Waals surface area contributed by atoms with Gasteiger partial charge in [0.25, 0.3) is 5.91 Å². The number of halogens is 4. The highest BCUT2D eigenvalue weighted by molar-refractivity contribution is 6.06. The van der Waals surface area contributed by atoms with E-state index in [1.165, 1.54) is 11.1 Å². The lowest BCUT2D eigenvalue weighted by molar-refractivity contribution is -0.275. The standard InChI is InChI=1S/C25H26F4N4O3/c1-14(2)13-33-22(15(11-30)12-31-3)21(17-6-4-5-7-18(17)24(33)35)23(34)32-16-8-9-19(26)20(10-16)36-25(27,28)29/h4-12,14,21-22,30-31H,13H2,1-3H3,(H,32,34)/b15-12+,30-11?/t21-,22+/m1/s1. The van der Waals surface area contributed by atoms with Crippen LogP contribution in [0.1, 0.15) is 35.7 Å². The third-order valence-electron chi connectivity index (χ3n) is 5.53. The Morgan fingerprint density at radius 1 is 1.22 bits per heavy atom. The smallest absolute Gasteiger partial charge is 0.403 e. The monoisotopic (exact) mass is 506 g/mol. The fourth-order valence-electron chi connectivity index (χ4n) is 4.22. The van der Waals surface area contributed by atoms with Gasteiger partial charge in [-0.15, -0.1) is 13.2 Å². The van der Waals surface area contributed by atoms with Gasteiger partial charge in [-0.25, -0.2) is 4.39 Å². The summed E-state index contributed by atoms with van der Waals surface area (Å²) < 4.78 is 55.6. The molecule has 36 heavy (non-hydrogen) atoms. The molecule has 11 heteroatoms. The third kappa shape index (κ3) is 5.84. The summed E-state index contributed by atoms with van der Waals surface area (Å²) in [7, 11) is 1.62. The van der Waals surface area contributed by atoms with Crippen molar-refractivity contribution in [2.45, 2.75) is 32.2 Å². The Balaban J connectivity index is 2.10. The molecule has 1 aliphatic rings. The average molecular weight is 507 g/mol. The summed E-state index contributed by atoms with van der Waals surface area (Å²) in [5, 5.41) is 13.3. The van der Waals surface area contributed by atoms with Crippen molar-refractivity contribution in [1.82, 2.24) is 10.2 Å². The molecule has 2 amide bonds. The Labute approximate surface area is 205 Å². The molecule has 2 aromatic carbocycles. The van der Waals surface area contributed by atoms with Crippen LogP contribution in [0.25, 0.3) is 0 Å². The van der Waals surface area contributed by atoms with Crippen molar-refractivity contribution in [2.24, 2.45) is 5.92 Å². The summed E-state index contributed by atoms with van der Waals surface area (Å²) in [6.45, 7) is 4.11. The lowest BCUT2D eigenvalue weighted by Crippen LogP contribution is -2.53. The molecule has 0 unspecified atom stereocenters. The molecule has 0 saturated carbocycles. The number of anilines is 1. The number of nitrogens with one attached hydrogen (secondary N) is 3. The largest absolute Gasteiger partial charge is 0.573 e. The number of hydrogen-bond donors (Lipinski definition) is 3. The highest BCUT2D eigenvalue weighted by atomic mass is 19.4. The fraction of sp³-hybridized carbons (Fsp3) is 0.320. The maximum absolute atomic E-state index is 13.9. The van der Waals surface area contributed by atoms with E-state index in [0.717, 1.165) is 24.4 Å². The lowest BCUT2D eigenvalue weighted by atomic mass is 9.79. The maximum Gasteiger partial charge on any atom is 0.573 e. The van der Waals surface area contributed by atoms with Crippen LogP contribution >= 0.6 is 0 Å². The molecule has 0 spiro atoms. The number of rotatable bonds is 8. The zero-order valence-electron chi connectivity index (χ0n) is 19.8. The Kier molecular flexibility index (Phi) is 8.01. The van der Waals surface area contributed by atoms with Crippen molar-refractivity contribution >= 4 is 23.7 Å². The number of hydrogen-bond acceptors (Lipinski definition) is 5. The van der Waals surface area contributed by atoms with E-state index in [2.05, 4.69) is 15.4 Å². The first-order valence-corrected chi connectivity index (χ1v) is 11.1. The first kappa shape index (κ1) is 26.7. The fourth-order valence-corrected chi connectivity index (χ4v) is 4.22. The Bertz CT molecular complexity index is 1180. The average Bonchev–Trinajstić information content (AvgIpc) is 2.80. The van der Waals surface area contributed by atoms with E-state index in [4.69, 9.17) is 5.41 Å². The van der Waals surface area contributed by atoms with E-state index in [1.807, 2.05) is 13.8 Å². The highest BCUT2D eigenvalue weighted by Crippen LogP contribution is 2.38. The molecule has 2 aromatic rings. The minimum Gasteiger partial charge on any atom is -0.403 e. The second-order valence-electron chi connectivity index (χ2n) is 8.62. The van der Waals surface area contributed by atoms with E-state index in [-0.39, 0.29) is 24.1 Å². The number of fused-ring (bicyclic) bond motifs is 1. The van der Waals surface area contributed by atoms with Crippen molar-refractivity contribution in [2.75, 3.05) is 18.9 Å². The highest BCUT2D eigenvalue weighted by Gasteiger charge is 2.45.